The van der Waals surface area contributed by atoms with E-state index in [-0.39, 0.29) is 31.3 Å². The zero-order valence-electron chi connectivity index (χ0n) is 21.7. The van der Waals surface area contributed by atoms with Crippen LogP contribution in [0.25, 0.3) is 0 Å². The van der Waals surface area contributed by atoms with E-state index in [1.54, 1.807) is 4.68 Å². The van der Waals surface area contributed by atoms with Crippen LogP contribution in [-0.4, -0.2) is 82.3 Å². The summed E-state index contributed by atoms with van der Waals surface area (Å²) in [5.41, 5.74) is -0.364. The summed E-state index contributed by atoms with van der Waals surface area (Å²) in [5, 5.41) is 21.9. The first-order valence-electron chi connectivity index (χ1n) is 12.9. The van der Waals surface area contributed by atoms with Crippen molar-refractivity contribution in [3.05, 3.63) is 11.9 Å². The van der Waals surface area contributed by atoms with Crippen LogP contribution in [0.2, 0.25) is 0 Å². The SMILES string of the molecule is CC(C)(C)[C@@H](C(=O)N1C[C@H](O)C[C@H]1C(=O)NCC1(NS(C)(=O)=O)CCCCC1)n1cc(C2CC2)nn1. The van der Waals surface area contributed by atoms with Crippen LogP contribution in [0.3, 0.4) is 0 Å². The van der Waals surface area contributed by atoms with Gasteiger partial charge in [-0.1, -0.05) is 45.2 Å². The third-order valence-corrected chi connectivity index (χ3v) is 8.32. The van der Waals surface area contributed by atoms with Gasteiger partial charge >= 0.3 is 0 Å². The number of aliphatic hydroxyl groups is 1. The Morgan fingerprint density at radius 3 is 2.47 bits per heavy atom. The number of rotatable bonds is 8. The first kappa shape index (κ1) is 27.0. The van der Waals surface area contributed by atoms with Gasteiger partial charge in [-0.05, 0) is 31.1 Å². The number of hydrogen-bond donors (Lipinski definition) is 3. The molecule has 1 aromatic heterocycles. The summed E-state index contributed by atoms with van der Waals surface area (Å²) in [6.07, 6.45) is 8.46. The molecule has 0 radical (unpaired) electrons. The molecule has 4 rings (SSSR count). The van der Waals surface area contributed by atoms with E-state index in [0.29, 0.717) is 18.8 Å². The first-order chi connectivity index (χ1) is 16.8. The highest BCUT2D eigenvalue weighted by Crippen LogP contribution is 2.40. The first-order valence-corrected chi connectivity index (χ1v) is 14.8. The minimum atomic E-state index is -3.46. The average molecular weight is 525 g/mol. The molecule has 0 bridgehead atoms. The summed E-state index contributed by atoms with van der Waals surface area (Å²) in [6.45, 7) is 6.03. The molecule has 2 heterocycles. The second kappa shape index (κ2) is 10.0. The van der Waals surface area contributed by atoms with Gasteiger partial charge in [-0.3, -0.25) is 9.59 Å². The van der Waals surface area contributed by atoms with E-state index < -0.39 is 39.2 Å². The predicted octanol–water partition coefficient (Wildman–Crippen LogP) is 1.07. The minimum Gasteiger partial charge on any atom is -0.391 e. The normalized spacial score (nSPS) is 25.5. The monoisotopic (exact) mass is 524 g/mol. The van der Waals surface area contributed by atoms with Crippen molar-refractivity contribution in [3.63, 3.8) is 0 Å². The number of β-amino-alcohol motifs (C(OH)–C–C–N with tert-alkyl or cyclic N) is 1. The van der Waals surface area contributed by atoms with Gasteiger partial charge in [0.1, 0.15) is 12.1 Å². The smallest absolute Gasteiger partial charge is 0.248 e. The van der Waals surface area contributed by atoms with Crippen molar-refractivity contribution >= 4 is 21.8 Å². The van der Waals surface area contributed by atoms with E-state index in [1.807, 2.05) is 27.0 Å². The van der Waals surface area contributed by atoms with Gasteiger partial charge in [0.05, 0.1) is 23.6 Å². The lowest BCUT2D eigenvalue weighted by molar-refractivity contribution is -0.144. The number of likely N-dealkylation sites (tertiary alicyclic amines) is 1. The number of carbonyl (C=O) groups is 2. The topological polar surface area (TPSA) is 147 Å². The van der Waals surface area contributed by atoms with Crippen LogP contribution >= 0.6 is 0 Å². The Morgan fingerprint density at radius 2 is 1.89 bits per heavy atom. The standard InChI is InChI=1S/C24H40N6O5S/c1-23(2,3)20(30-14-18(26-28-30)16-8-9-16)22(33)29-13-17(31)12-19(29)21(32)25-15-24(27-36(4,34)35)10-6-5-7-11-24/h14,16-17,19-20,27,31H,5-13,15H2,1-4H3,(H,25,32)/t17-,19+,20-/m1/s1. The molecule has 2 amide bonds. The molecule has 0 aromatic carbocycles. The van der Waals surface area contributed by atoms with E-state index in [9.17, 15) is 23.1 Å². The van der Waals surface area contributed by atoms with Crippen LogP contribution in [0.5, 0.6) is 0 Å². The fraction of sp³-hybridized carbons (Fsp3) is 0.833. The van der Waals surface area contributed by atoms with Gasteiger partial charge in [-0.25, -0.2) is 17.8 Å². The van der Waals surface area contributed by atoms with Crippen LogP contribution in [-0.2, 0) is 19.6 Å². The summed E-state index contributed by atoms with van der Waals surface area (Å²) in [4.78, 5) is 28.6. The summed E-state index contributed by atoms with van der Waals surface area (Å²) in [7, 11) is -3.46. The van der Waals surface area contributed by atoms with Gasteiger partial charge < -0.3 is 15.3 Å². The van der Waals surface area contributed by atoms with Crippen LogP contribution in [0.15, 0.2) is 6.20 Å². The molecule has 1 saturated heterocycles. The van der Waals surface area contributed by atoms with Crippen LogP contribution in [0.1, 0.15) is 89.8 Å². The molecule has 3 fully saturated rings. The Kier molecular flexibility index (Phi) is 7.51. The van der Waals surface area contributed by atoms with Crippen molar-refractivity contribution in [1.29, 1.82) is 0 Å². The van der Waals surface area contributed by atoms with Crippen molar-refractivity contribution < 1.29 is 23.1 Å². The van der Waals surface area contributed by atoms with E-state index in [2.05, 4.69) is 20.4 Å². The molecule has 1 aliphatic heterocycles. The Labute approximate surface area is 213 Å². The van der Waals surface area contributed by atoms with Crippen molar-refractivity contribution in [1.82, 2.24) is 29.9 Å². The highest BCUT2D eigenvalue weighted by Gasteiger charge is 2.46. The molecule has 3 atom stereocenters. The summed E-state index contributed by atoms with van der Waals surface area (Å²) < 4.78 is 28.4. The van der Waals surface area contributed by atoms with Gasteiger partial charge in [0, 0.05) is 31.6 Å². The Bertz CT molecular complexity index is 1070. The van der Waals surface area contributed by atoms with Crippen molar-refractivity contribution in [2.24, 2.45) is 5.41 Å². The lowest BCUT2D eigenvalue weighted by Gasteiger charge is -2.38. The number of hydrogen-bond acceptors (Lipinski definition) is 7. The fourth-order valence-electron chi connectivity index (χ4n) is 5.64. The summed E-state index contributed by atoms with van der Waals surface area (Å²) in [5.74, 6) is -0.271. The summed E-state index contributed by atoms with van der Waals surface area (Å²) >= 11 is 0. The quantitative estimate of drug-likeness (QED) is 0.461. The van der Waals surface area contributed by atoms with Gasteiger partial charge in [0.25, 0.3) is 0 Å². The molecular formula is C24H40N6O5S. The van der Waals surface area contributed by atoms with E-state index in [0.717, 1.165) is 44.1 Å². The molecule has 1 aromatic rings. The molecule has 3 aliphatic rings. The van der Waals surface area contributed by atoms with Crippen LogP contribution < -0.4 is 10.0 Å². The fourth-order valence-corrected chi connectivity index (χ4v) is 6.70. The third-order valence-electron chi connectivity index (χ3n) is 7.52. The number of amides is 2. The van der Waals surface area contributed by atoms with Gasteiger partial charge in [-0.2, -0.15) is 0 Å². The molecule has 2 aliphatic carbocycles. The Balaban J connectivity index is 1.51. The van der Waals surface area contributed by atoms with Gasteiger partial charge in [0.15, 0.2) is 0 Å². The Hall–Kier alpha value is -2.05. The zero-order valence-corrected chi connectivity index (χ0v) is 22.6. The van der Waals surface area contributed by atoms with E-state index in [1.165, 1.54) is 4.90 Å². The molecule has 36 heavy (non-hydrogen) atoms. The minimum absolute atomic E-state index is 0.0560. The highest BCUT2D eigenvalue weighted by atomic mass is 32.2. The number of aromatic nitrogens is 3. The molecule has 2 saturated carbocycles. The Morgan fingerprint density at radius 1 is 1.22 bits per heavy atom. The molecular weight excluding hydrogens is 484 g/mol. The van der Waals surface area contributed by atoms with Gasteiger partial charge in [0.2, 0.25) is 21.8 Å². The lowest BCUT2D eigenvalue weighted by atomic mass is 9.82. The molecule has 3 N–H and O–H groups in total. The predicted molar refractivity (Wildman–Crippen MR) is 133 cm³/mol. The number of carbonyl (C=O) groups excluding carboxylic acids is 2. The largest absolute Gasteiger partial charge is 0.391 e. The lowest BCUT2D eigenvalue weighted by Crippen LogP contribution is -2.58. The molecule has 202 valence electrons. The van der Waals surface area contributed by atoms with E-state index in [4.69, 9.17) is 0 Å². The maximum absolute atomic E-state index is 13.9. The second-order valence-corrected chi connectivity index (χ2v) is 13.7. The van der Waals surface area contributed by atoms with Gasteiger partial charge in [-0.15, -0.1) is 5.10 Å². The van der Waals surface area contributed by atoms with E-state index >= 15 is 0 Å². The van der Waals surface area contributed by atoms with Crippen molar-refractivity contribution in [2.75, 3.05) is 19.3 Å². The zero-order chi connectivity index (χ0) is 26.3. The number of nitrogens with one attached hydrogen (secondary N) is 2. The van der Waals surface area contributed by atoms with Crippen LogP contribution in [0, 0.1) is 5.41 Å². The number of nitrogens with zero attached hydrogens (tertiary/aromatic N) is 4. The van der Waals surface area contributed by atoms with Crippen molar-refractivity contribution in [2.45, 2.75) is 102 Å². The van der Waals surface area contributed by atoms with Crippen molar-refractivity contribution in [3.8, 4) is 0 Å². The third kappa shape index (κ3) is 6.25. The molecule has 12 heteroatoms. The molecule has 0 unspecified atom stereocenters. The maximum Gasteiger partial charge on any atom is 0.248 e. The number of sulfonamides is 1. The molecule has 0 spiro atoms. The number of aliphatic hydroxyl groups excluding tert-OH is 1. The molecule has 11 nitrogen and oxygen atoms in total. The highest BCUT2D eigenvalue weighted by molar-refractivity contribution is 7.88. The second-order valence-electron chi connectivity index (χ2n) is 12.0. The maximum atomic E-state index is 13.9. The average Bonchev–Trinajstić information content (AvgIpc) is 3.38. The van der Waals surface area contributed by atoms with Crippen LogP contribution in [0.4, 0.5) is 0 Å². The summed E-state index contributed by atoms with van der Waals surface area (Å²) in [6, 6.07) is -1.53.